The van der Waals surface area contributed by atoms with Gasteiger partial charge >= 0.3 is 0 Å². The molecule has 1 saturated heterocycles. The summed E-state index contributed by atoms with van der Waals surface area (Å²) in [6.45, 7) is 3.54. The average molecular weight is 407 g/mol. The van der Waals surface area contributed by atoms with E-state index in [-0.39, 0.29) is 6.04 Å². The highest BCUT2D eigenvalue weighted by Crippen LogP contribution is 2.17. The van der Waals surface area contributed by atoms with Gasteiger partial charge in [0, 0.05) is 30.1 Å². The van der Waals surface area contributed by atoms with Crippen molar-refractivity contribution in [3.63, 3.8) is 0 Å². The SMILES string of the molecule is O=S(=O)(/C=C/c1ccc(Cl)cc1)NC(CN1CCOCC1)c1ccccc1. The molecule has 0 aliphatic carbocycles. The molecule has 0 bridgehead atoms. The first-order chi connectivity index (χ1) is 13.0. The van der Waals surface area contributed by atoms with E-state index in [1.807, 2.05) is 30.3 Å². The molecule has 3 rings (SSSR count). The standard InChI is InChI=1S/C20H23ClN2O3S/c21-19-8-6-17(7-9-19)10-15-27(24,25)22-20(18-4-2-1-3-5-18)16-23-11-13-26-14-12-23/h1-10,15,20,22H,11-14,16H2/b15-10+. The molecule has 1 aliphatic rings. The second kappa shape index (κ2) is 9.48. The van der Waals surface area contributed by atoms with Gasteiger partial charge in [-0.3, -0.25) is 4.90 Å². The maximum absolute atomic E-state index is 12.6. The predicted octanol–water partition coefficient (Wildman–Crippen LogP) is 3.30. The molecule has 1 N–H and O–H groups in total. The molecular weight excluding hydrogens is 384 g/mol. The maximum Gasteiger partial charge on any atom is 0.234 e. The summed E-state index contributed by atoms with van der Waals surface area (Å²) in [4.78, 5) is 2.21. The number of hydrogen-bond acceptors (Lipinski definition) is 4. The number of hydrogen-bond donors (Lipinski definition) is 1. The van der Waals surface area contributed by atoms with Crippen LogP contribution in [-0.2, 0) is 14.8 Å². The Morgan fingerprint density at radius 2 is 1.74 bits per heavy atom. The molecule has 144 valence electrons. The number of benzene rings is 2. The van der Waals surface area contributed by atoms with Crippen LogP contribution in [0.15, 0.2) is 60.0 Å². The lowest BCUT2D eigenvalue weighted by Gasteiger charge is -2.30. The molecule has 5 nitrogen and oxygen atoms in total. The van der Waals surface area contributed by atoms with Crippen molar-refractivity contribution in [3.05, 3.63) is 76.2 Å². The van der Waals surface area contributed by atoms with Gasteiger partial charge in [-0.1, -0.05) is 54.1 Å². The summed E-state index contributed by atoms with van der Waals surface area (Å²) in [5, 5.41) is 1.81. The summed E-state index contributed by atoms with van der Waals surface area (Å²) in [5.41, 5.74) is 1.71. The fourth-order valence-electron chi connectivity index (χ4n) is 2.92. The molecule has 1 unspecified atom stereocenters. The largest absolute Gasteiger partial charge is 0.379 e. The van der Waals surface area contributed by atoms with Gasteiger partial charge in [-0.2, -0.15) is 0 Å². The molecule has 27 heavy (non-hydrogen) atoms. The molecule has 2 aromatic carbocycles. The Bertz CT molecular complexity index is 849. The van der Waals surface area contributed by atoms with Gasteiger partial charge in [0.15, 0.2) is 0 Å². The Hall–Kier alpha value is -1.70. The molecule has 0 amide bonds. The summed E-state index contributed by atoms with van der Waals surface area (Å²) in [6, 6.07) is 16.3. The Morgan fingerprint density at radius 1 is 1.07 bits per heavy atom. The molecule has 0 spiro atoms. The van der Waals surface area contributed by atoms with Gasteiger partial charge in [0.25, 0.3) is 0 Å². The van der Waals surface area contributed by atoms with E-state index in [9.17, 15) is 8.42 Å². The predicted molar refractivity (Wildman–Crippen MR) is 109 cm³/mol. The van der Waals surface area contributed by atoms with Gasteiger partial charge in [0.1, 0.15) is 0 Å². The van der Waals surface area contributed by atoms with Crippen molar-refractivity contribution in [2.45, 2.75) is 6.04 Å². The van der Waals surface area contributed by atoms with E-state index < -0.39 is 10.0 Å². The summed E-state index contributed by atoms with van der Waals surface area (Å²) < 4.78 is 33.5. The van der Waals surface area contributed by atoms with E-state index in [0.29, 0.717) is 24.8 Å². The van der Waals surface area contributed by atoms with Crippen LogP contribution in [-0.4, -0.2) is 46.2 Å². The van der Waals surface area contributed by atoms with Crippen LogP contribution in [0.2, 0.25) is 5.02 Å². The van der Waals surface area contributed by atoms with Crippen LogP contribution in [0.25, 0.3) is 6.08 Å². The third kappa shape index (κ3) is 6.45. The highest BCUT2D eigenvalue weighted by molar-refractivity contribution is 7.92. The lowest BCUT2D eigenvalue weighted by molar-refractivity contribution is 0.0345. The molecule has 0 aromatic heterocycles. The number of ether oxygens (including phenoxy) is 1. The molecule has 1 fully saturated rings. The first-order valence-electron chi connectivity index (χ1n) is 8.83. The van der Waals surface area contributed by atoms with E-state index in [1.165, 1.54) is 5.41 Å². The molecule has 0 radical (unpaired) electrons. The van der Waals surface area contributed by atoms with Crippen molar-refractivity contribution in [1.82, 2.24) is 9.62 Å². The minimum Gasteiger partial charge on any atom is -0.379 e. The number of sulfonamides is 1. The van der Waals surface area contributed by atoms with E-state index in [1.54, 1.807) is 30.3 Å². The third-order valence-electron chi connectivity index (χ3n) is 4.36. The summed E-state index contributed by atoms with van der Waals surface area (Å²) in [6.07, 6.45) is 1.56. The average Bonchev–Trinajstić information content (AvgIpc) is 2.68. The summed E-state index contributed by atoms with van der Waals surface area (Å²) in [5.74, 6) is 0. The van der Waals surface area contributed by atoms with Crippen LogP contribution in [0.3, 0.4) is 0 Å². The molecule has 7 heteroatoms. The van der Waals surface area contributed by atoms with Gasteiger partial charge in [-0.25, -0.2) is 13.1 Å². The van der Waals surface area contributed by atoms with Crippen LogP contribution >= 0.6 is 11.6 Å². The topological polar surface area (TPSA) is 58.6 Å². The van der Waals surface area contributed by atoms with Gasteiger partial charge in [-0.05, 0) is 29.3 Å². The number of nitrogens with one attached hydrogen (secondary N) is 1. The van der Waals surface area contributed by atoms with Crippen LogP contribution in [0.1, 0.15) is 17.2 Å². The Morgan fingerprint density at radius 3 is 2.41 bits per heavy atom. The quantitative estimate of drug-likeness (QED) is 0.766. The maximum atomic E-state index is 12.6. The molecule has 1 atom stereocenters. The Balaban J connectivity index is 1.74. The number of rotatable bonds is 7. The molecule has 1 aliphatic heterocycles. The van der Waals surface area contributed by atoms with Gasteiger partial charge in [-0.15, -0.1) is 0 Å². The van der Waals surface area contributed by atoms with E-state index in [0.717, 1.165) is 24.2 Å². The van der Waals surface area contributed by atoms with Crippen LogP contribution in [0, 0.1) is 0 Å². The van der Waals surface area contributed by atoms with Crippen molar-refractivity contribution in [2.24, 2.45) is 0 Å². The highest BCUT2D eigenvalue weighted by Gasteiger charge is 2.22. The molecule has 2 aromatic rings. The number of morpholine rings is 1. The zero-order valence-corrected chi connectivity index (χ0v) is 16.5. The second-order valence-corrected chi connectivity index (χ2v) is 8.43. The van der Waals surface area contributed by atoms with E-state index in [2.05, 4.69) is 9.62 Å². The van der Waals surface area contributed by atoms with Crippen molar-refractivity contribution >= 4 is 27.7 Å². The van der Waals surface area contributed by atoms with Crippen LogP contribution in [0.4, 0.5) is 0 Å². The minimum absolute atomic E-state index is 0.329. The van der Waals surface area contributed by atoms with Crippen molar-refractivity contribution in [1.29, 1.82) is 0 Å². The van der Waals surface area contributed by atoms with E-state index >= 15 is 0 Å². The third-order valence-corrected chi connectivity index (χ3v) is 5.72. The number of halogens is 1. The summed E-state index contributed by atoms with van der Waals surface area (Å²) >= 11 is 5.86. The fourth-order valence-corrected chi connectivity index (χ4v) is 4.07. The molecular formula is C20H23ClN2O3S. The highest BCUT2D eigenvalue weighted by atomic mass is 35.5. The normalized spacial score (nSPS) is 17.2. The van der Waals surface area contributed by atoms with Gasteiger partial charge in [0.2, 0.25) is 10.0 Å². The van der Waals surface area contributed by atoms with Crippen LogP contribution in [0.5, 0.6) is 0 Å². The monoisotopic (exact) mass is 406 g/mol. The summed E-state index contributed by atoms with van der Waals surface area (Å²) in [7, 11) is -3.61. The number of nitrogens with zero attached hydrogens (tertiary/aromatic N) is 1. The van der Waals surface area contributed by atoms with Crippen LogP contribution < -0.4 is 4.72 Å². The second-order valence-electron chi connectivity index (χ2n) is 6.39. The first-order valence-corrected chi connectivity index (χ1v) is 10.8. The Kier molecular flexibility index (Phi) is 7.04. The molecule has 1 heterocycles. The minimum atomic E-state index is -3.61. The van der Waals surface area contributed by atoms with Crippen molar-refractivity contribution in [2.75, 3.05) is 32.8 Å². The lowest BCUT2D eigenvalue weighted by Crippen LogP contribution is -2.42. The smallest absolute Gasteiger partial charge is 0.234 e. The van der Waals surface area contributed by atoms with Gasteiger partial charge < -0.3 is 4.74 Å². The van der Waals surface area contributed by atoms with Gasteiger partial charge in [0.05, 0.1) is 19.3 Å². The fraction of sp³-hybridized carbons (Fsp3) is 0.300. The Labute approximate surface area is 165 Å². The first kappa shape index (κ1) is 20.0. The van der Waals surface area contributed by atoms with E-state index in [4.69, 9.17) is 16.3 Å². The van der Waals surface area contributed by atoms with Crippen molar-refractivity contribution in [3.8, 4) is 0 Å². The molecule has 0 saturated carbocycles. The lowest BCUT2D eigenvalue weighted by atomic mass is 10.1. The zero-order valence-electron chi connectivity index (χ0n) is 14.9. The zero-order chi connectivity index (χ0) is 19.1. The van der Waals surface area contributed by atoms with Crippen molar-refractivity contribution < 1.29 is 13.2 Å².